The predicted molar refractivity (Wildman–Crippen MR) is 75.5 cm³/mol. The Labute approximate surface area is 105 Å². The molecule has 0 atom stereocenters. The molecule has 0 bridgehead atoms. The number of aromatic hydroxyl groups is 1. The maximum atomic E-state index is 10.1. The normalized spacial score (nSPS) is 11.5. The number of phenols is 1. The highest BCUT2D eigenvalue weighted by molar-refractivity contribution is 5.70. The van der Waals surface area contributed by atoms with Crippen molar-refractivity contribution in [2.45, 2.75) is 26.2 Å². The van der Waals surface area contributed by atoms with E-state index in [4.69, 9.17) is 0 Å². The van der Waals surface area contributed by atoms with Gasteiger partial charge in [-0.05, 0) is 23.1 Å². The summed E-state index contributed by atoms with van der Waals surface area (Å²) in [5.74, 6) is 0.338. The Bertz CT molecular complexity index is 403. The average Bonchev–Trinajstić information content (AvgIpc) is 2.14. The third-order valence-electron chi connectivity index (χ3n) is 2.86. The van der Waals surface area contributed by atoms with Crippen LogP contribution in [0.25, 0.3) is 0 Å². The summed E-state index contributed by atoms with van der Waals surface area (Å²) in [5, 5.41) is 10.1. The summed E-state index contributed by atoms with van der Waals surface area (Å²) in [4.78, 5) is 4.02. The second-order valence-corrected chi connectivity index (χ2v) is 5.90. The molecule has 0 amide bonds. The van der Waals surface area contributed by atoms with Gasteiger partial charge in [-0.25, -0.2) is 0 Å². The lowest BCUT2D eigenvalue weighted by Gasteiger charge is -2.29. The molecule has 3 nitrogen and oxygen atoms in total. The molecule has 0 aliphatic carbocycles. The second kappa shape index (κ2) is 4.47. The molecular weight excluding hydrogens is 212 g/mol. The Morgan fingerprint density at radius 2 is 1.35 bits per heavy atom. The fourth-order valence-electron chi connectivity index (χ4n) is 1.89. The Morgan fingerprint density at radius 1 is 0.882 bits per heavy atom. The molecule has 0 spiro atoms. The standard InChI is InChI=1S/C14H24N2O/c1-14(2,3)10-8-13(17)12(16(6)7)9-11(10)15(4)5/h8-9,17H,1-7H3. The maximum Gasteiger partial charge on any atom is 0.139 e. The Hall–Kier alpha value is -1.38. The summed E-state index contributed by atoms with van der Waals surface area (Å²) in [7, 11) is 7.93. The lowest BCUT2D eigenvalue weighted by molar-refractivity contribution is 0.471. The van der Waals surface area contributed by atoms with E-state index in [1.807, 2.05) is 45.2 Å². The van der Waals surface area contributed by atoms with Crippen molar-refractivity contribution in [1.82, 2.24) is 0 Å². The van der Waals surface area contributed by atoms with Gasteiger partial charge >= 0.3 is 0 Å². The second-order valence-electron chi connectivity index (χ2n) is 5.90. The first-order chi connectivity index (χ1) is 7.64. The molecule has 1 N–H and O–H groups in total. The molecule has 0 aromatic heterocycles. The minimum atomic E-state index is 0.0158. The minimum absolute atomic E-state index is 0.0158. The Kier molecular flexibility index (Phi) is 3.60. The van der Waals surface area contributed by atoms with Crippen molar-refractivity contribution < 1.29 is 5.11 Å². The van der Waals surface area contributed by atoms with Crippen molar-refractivity contribution in [3.63, 3.8) is 0 Å². The van der Waals surface area contributed by atoms with Crippen LogP contribution >= 0.6 is 0 Å². The monoisotopic (exact) mass is 236 g/mol. The zero-order chi connectivity index (χ0) is 13.4. The molecule has 1 aromatic rings. The molecule has 0 unspecified atom stereocenters. The number of phenolic OH excluding ortho intramolecular Hbond substituents is 1. The van der Waals surface area contributed by atoms with Crippen LogP contribution in [0.5, 0.6) is 5.75 Å². The van der Waals surface area contributed by atoms with Crippen LogP contribution in [0.4, 0.5) is 11.4 Å². The summed E-state index contributed by atoms with van der Waals surface area (Å²) in [6, 6.07) is 3.92. The highest BCUT2D eigenvalue weighted by Gasteiger charge is 2.21. The van der Waals surface area contributed by atoms with E-state index < -0.39 is 0 Å². The summed E-state index contributed by atoms with van der Waals surface area (Å²) >= 11 is 0. The van der Waals surface area contributed by atoms with E-state index in [1.54, 1.807) is 0 Å². The molecule has 0 aliphatic rings. The number of hydrogen-bond acceptors (Lipinski definition) is 3. The van der Waals surface area contributed by atoms with E-state index >= 15 is 0 Å². The van der Waals surface area contributed by atoms with Crippen LogP contribution in [-0.2, 0) is 5.41 Å². The molecule has 1 rings (SSSR count). The molecule has 0 aliphatic heterocycles. The highest BCUT2D eigenvalue weighted by Crippen LogP contribution is 2.39. The smallest absolute Gasteiger partial charge is 0.139 e. The molecule has 96 valence electrons. The molecule has 0 heterocycles. The first kappa shape index (κ1) is 13.7. The number of rotatable bonds is 2. The van der Waals surface area contributed by atoms with Crippen LogP contribution in [-0.4, -0.2) is 33.3 Å². The lowest BCUT2D eigenvalue weighted by atomic mass is 9.85. The largest absolute Gasteiger partial charge is 0.506 e. The van der Waals surface area contributed by atoms with Crippen LogP contribution in [0, 0.1) is 0 Å². The minimum Gasteiger partial charge on any atom is -0.506 e. The highest BCUT2D eigenvalue weighted by atomic mass is 16.3. The summed E-state index contributed by atoms with van der Waals surface area (Å²) in [6.45, 7) is 6.47. The molecule has 0 fully saturated rings. The number of benzene rings is 1. The average molecular weight is 236 g/mol. The van der Waals surface area contributed by atoms with Crippen LogP contribution in [0.15, 0.2) is 12.1 Å². The fourth-order valence-corrected chi connectivity index (χ4v) is 1.89. The number of anilines is 2. The zero-order valence-electron chi connectivity index (χ0n) is 12.0. The number of hydrogen-bond donors (Lipinski definition) is 1. The summed E-state index contributed by atoms with van der Waals surface area (Å²) in [6.07, 6.45) is 0. The lowest BCUT2D eigenvalue weighted by Crippen LogP contribution is -2.20. The van der Waals surface area contributed by atoms with Gasteiger partial charge in [-0.1, -0.05) is 20.8 Å². The Balaban J connectivity index is 3.47. The quantitative estimate of drug-likeness (QED) is 0.855. The molecule has 0 radical (unpaired) electrons. The fraction of sp³-hybridized carbons (Fsp3) is 0.571. The van der Waals surface area contributed by atoms with Crippen molar-refractivity contribution in [2.24, 2.45) is 0 Å². The van der Waals surface area contributed by atoms with Crippen molar-refractivity contribution >= 4 is 11.4 Å². The molecule has 17 heavy (non-hydrogen) atoms. The maximum absolute atomic E-state index is 10.1. The van der Waals surface area contributed by atoms with Crippen LogP contribution in [0.2, 0.25) is 0 Å². The van der Waals surface area contributed by atoms with E-state index in [1.165, 1.54) is 0 Å². The van der Waals surface area contributed by atoms with Crippen molar-refractivity contribution in [1.29, 1.82) is 0 Å². The van der Waals surface area contributed by atoms with Crippen LogP contribution < -0.4 is 9.80 Å². The van der Waals surface area contributed by atoms with E-state index in [0.717, 1.165) is 16.9 Å². The first-order valence-electron chi connectivity index (χ1n) is 5.86. The van der Waals surface area contributed by atoms with E-state index in [-0.39, 0.29) is 5.41 Å². The third kappa shape index (κ3) is 2.84. The van der Waals surface area contributed by atoms with E-state index in [9.17, 15) is 5.11 Å². The van der Waals surface area contributed by atoms with Gasteiger partial charge in [-0.3, -0.25) is 0 Å². The van der Waals surface area contributed by atoms with Gasteiger partial charge in [0.05, 0.1) is 5.69 Å². The van der Waals surface area contributed by atoms with Crippen LogP contribution in [0.1, 0.15) is 26.3 Å². The van der Waals surface area contributed by atoms with Gasteiger partial charge in [0.2, 0.25) is 0 Å². The number of nitrogens with zero attached hydrogens (tertiary/aromatic N) is 2. The van der Waals surface area contributed by atoms with Gasteiger partial charge < -0.3 is 14.9 Å². The first-order valence-corrected chi connectivity index (χ1v) is 5.86. The van der Waals surface area contributed by atoms with E-state index in [0.29, 0.717) is 5.75 Å². The molecule has 0 saturated heterocycles. The van der Waals surface area contributed by atoms with Crippen molar-refractivity contribution in [3.8, 4) is 5.75 Å². The van der Waals surface area contributed by atoms with Gasteiger partial charge in [-0.15, -0.1) is 0 Å². The van der Waals surface area contributed by atoms with Crippen molar-refractivity contribution in [3.05, 3.63) is 17.7 Å². The van der Waals surface area contributed by atoms with Gasteiger partial charge in [-0.2, -0.15) is 0 Å². The van der Waals surface area contributed by atoms with Gasteiger partial charge in [0, 0.05) is 33.9 Å². The van der Waals surface area contributed by atoms with Gasteiger partial charge in [0.1, 0.15) is 5.75 Å². The van der Waals surface area contributed by atoms with Crippen molar-refractivity contribution in [2.75, 3.05) is 38.0 Å². The molecule has 3 heteroatoms. The van der Waals surface area contributed by atoms with Crippen LogP contribution in [0.3, 0.4) is 0 Å². The summed E-state index contributed by atoms with van der Waals surface area (Å²) in [5.41, 5.74) is 3.17. The molecular formula is C14H24N2O. The predicted octanol–water partition coefficient (Wildman–Crippen LogP) is 2.82. The summed E-state index contributed by atoms with van der Waals surface area (Å²) < 4.78 is 0. The van der Waals surface area contributed by atoms with Gasteiger partial charge in [0.25, 0.3) is 0 Å². The molecule has 1 aromatic carbocycles. The topological polar surface area (TPSA) is 26.7 Å². The Morgan fingerprint density at radius 3 is 1.71 bits per heavy atom. The SMILES string of the molecule is CN(C)c1cc(N(C)C)c(C(C)(C)C)cc1O. The van der Waals surface area contributed by atoms with E-state index in [2.05, 4.69) is 25.7 Å². The molecule has 0 saturated carbocycles. The third-order valence-corrected chi connectivity index (χ3v) is 2.86. The van der Waals surface area contributed by atoms with Gasteiger partial charge in [0.15, 0.2) is 0 Å². The zero-order valence-corrected chi connectivity index (χ0v) is 12.0.